The summed E-state index contributed by atoms with van der Waals surface area (Å²) in [4.78, 5) is 12.3. The molecule has 1 amide bonds. The maximum atomic E-state index is 14.9. The number of halogens is 4. The molecule has 9 heteroatoms. The third-order valence-corrected chi connectivity index (χ3v) is 4.79. The number of para-hydroxylation sites is 1. The third kappa shape index (κ3) is 6.44. The van der Waals surface area contributed by atoms with E-state index in [-0.39, 0.29) is 18.9 Å². The van der Waals surface area contributed by atoms with E-state index in [2.05, 4.69) is 10.6 Å². The van der Waals surface area contributed by atoms with Gasteiger partial charge in [0.05, 0.1) is 19.2 Å². The Labute approximate surface area is 184 Å². The molecule has 0 aliphatic heterocycles. The number of methoxy groups -OCH3 is 1. The van der Waals surface area contributed by atoms with E-state index in [1.165, 1.54) is 13.2 Å². The Morgan fingerprint density at radius 3 is 2.44 bits per heavy atom. The molecule has 0 saturated heterocycles. The third-order valence-electron chi connectivity index (χ3n) is 4.79. The van der Waals surface area contributed by atoms with Crippen LogP contribution in [0.25, 0.3) is 11.1 Å². The second-order valence-electron chi connectivity index (χ2n) is 7.64. The molecule has 0 heterocycles. The molecule has 2 rings (SSSR count). The maximum Gasteiger partial charge on any atom is 0.408 e. The summed E-state index contributed by atoms with van der Waals surface area (Å²) in [6.45, 7) is 3.16. The number of alkyl halides is 3. The number of amides is 1. The number of benzene rings is 2. The highest BCUT2D eigenvalue weighted by Gasteiger charge is 2.44. The first-order valence-corrected chi connectivity index (χ1v) is 9.98. The highest BCUT2D eigenvalue weighted by molar-refractivity contribution is 5.82. The van der Waals surface area contributed by atoms with Gasteiger partial charge in [0.15, 0.2) is 0 Å². The zero-order chi connectivity index (χ0) is 23.9. The van der Waals surface area contributed by atoms with E-state index in [1.54, 1.807) is 44.2 Å². The molecule has 32 heavy (non-hydrogen) atoms. The molecule has 0 spiro atoms. The Kier molecular flexibility index (Phi) is 8.61. The average Bonchev–Trinajstić information content (AvgIpc) is 2.74. The lowest BCUT2D eigenvalue weighted by Gasteiger charge is -2.28. The van der Waals surface area contributed by atoms with Crippen LogP contribution in [0.3, 0.4) is 0 Å². The molecule has 0 bridgehead atoms. The lowest BCUT2D eigenvalue weighted by atomic mass is 9.97. The monoisotopic (exact) mass is 451 g/mol. The van der Waals surface area contributed by atoms with E-state index >= 15 is 0 Å². The van der Waals surface area contributed by atoms with Crippen LogP contribution >= 0.6 is 0 Å². The van der Waals surface area contributed by atoms with E-state index < -0.39 is 35.5 Å². The number of rotatable bonds is 9. The number of nitrogens with one attached hydrogen (secondary N) is 2. The average molecular weight is 451 g/mol. The second kappa shape index (κ2) is 11.0. The van der Waals surface area contributed by atoms with Crippen LogP contribution in [0.1, 0.15) is 31.9 Å². The summed E-state index contributed by atoms with van der Waals surface area (Å²) in [6.07, 6.45) is -4.79. The number of hydrogen-bond donors (Lipinski definition) is 2. The molecule has 5 nitrogen and oxygen atoms in total. The quantitative estimate of drug-likeness (QED) is 0.426. The lowest BCUT2D eigenvalue weighted by molar-refractivity contribution is -0.161. The van der Waals surface area contributed by atoms with Crippen LogP contribution in [0, 0.1) is 23.1 Å². The molecule has 2 aromatic carbocycles. The van der Waals surface area contributed by atoms with Crippen LogP contribution in [0.5, 0.6) is 5.75 Å². The summed E-state index contributed by atoms with van der Waals surface area (Å²) in [5, 5.41) is 13.2. The van der Waals surface area contributed by atoms with Crippen molar-refractivity contribution in [3.8, 4) is 22.9 Å². The molecule has 2 N–H and O–H groups in total. The summed E-state index contributed by atoms with van der Waals surface area (Å²) >= 11 is 0. The summed E-state index contributed by atoms with van der Waals surface area (Å²) in [6, 6.07) is 8.26. The van der Waals surface area contributed by atoms with Crippen molar-refractivity contribution < 1.29 is 27.1 Å². The van der Waals surface area contributed by atoms with Gasteiger partial charge in [-0.2, -0.15) is 18.4 Å². The van der Waals surface area contributed by atoms with Gasteiger partial charge in [-0.15, -0.1) is 0 Å². The molecule has 0 unspecified atom stereocenters. The predicted octanol–water partition coefficient (Wildman–Crippen LogP) is 4.75. The second-order valence-corrected chi connectivity index (χ2v) is 7.64. The fourth-order valence-electron chi connectivity index (χ4n) is 3.35. The molecular weight excluding hydrogens is 426 g/mol. The minimum atomic E-state index is -4.86. The van der Waals surface area contributed by atoms with Crippen LogP contribution in [0.2, 0.25) is 0 Å². The van der Waals surface area contributed by atoms with Crippen molar-refractivity contribution in [2.75, 3.05) is 13.7 Å². The molecule has 0 aromatic heterocycles. The Morgan fingerprint density at radius 2 is 1.88 bits per heavy atom. The van der Waals surface area contributed by atoms with Crippen molar-refractivity contribution in [2.24, 2.45) is 5.92 Å². The minimum absolute atomic E-state index is 0.0742. The van der Waals surface area contributed by atoms with Gasteiger partial charge < -0.3 is 10.1 Å². The first-order chi connectivity index (χ1) is 15.1. The standard InChI is InChI=1S/C23H25F4N3O2/c1-14(2)12-19(22(31)29-11-10-28)30-21(23(25,26)27)17-9-8-15(13-18(17)24)16-6-4-5-7-20(16)32-3/h4-9,13-14,19,21,30H,11-12H2,1-3H3,(H,29,31)/t19-,21-/m0/s1. The molecule has 2 aromatic rings. The Bertz CT molecular complexity index is 970. The normalized spacial score (nSPS) is 13.3. The van der Waals surface area contributed by atoms with Crippen molar-refractivity contribution in [3.63, 3.8) is 0 Å². The lowest BCUT2D eigenvalue weighted by Crippen LogP contribution is -2.49. The molecule has 0 radical (unpaired) electrons. The summed E-state index contributed by atoms with van der Waals surface area (Å²) < 4.78 is 61.9. The molecule has 0 aliphatic rings. The van der Waals surface area contributed by atoms with E-state index in [1.807, 2.05) is 0 Å². The van der Waals surface area contributed by atoms with Gasteiger partial charge in [0, 0.05) is 11.1 Å². The van der Waals surface area contributed by atoms with E-state index in [0.29, 0.717) is 16.9 Å². The van der Waals surface area contributed by atoms with Gasteiger partial charge in [0.2, 0.25) is 5.91 Å². The first-order valence-electron chi connectivity index (χ1n) is 9.98. The number of hydrogen-bond acceptors (Lipinski definition) is 4. The summed E-state index contributed by atoms with van der Waals surface area (Å²) in [5.74, 6) is -1.48. The minimum Gasteiger partial charge on any atom is -0.496 e. The highest BCUT2D eigenvalue weighted by Crippen LogP contribution is 2.37. The number of carbonyl (C=O) groups is 1. The summed E-state index contributed by atoms with van der Waals surface area (Å²) in [5.41, 5.74) is 0.263. The number of carbonyl (C=O) groups excluding carboxylic acids is 1. The number of ether oxygens (including phenoxy) is 1. The zero-order valence-electron chi connectivity index (χ0n) is 18.0. The number of nitriles is 1. The predicted molar refractivity (Wildman–Crippen MR) is 112 cm³/mol. The molecule has 2 atom stereocenters. The highest BCUT2D eigenvalue weighted by atomic mass is 19.4. The van der Waals surface area contributed by atoms with E-state index in [0.717, 1.165) is 12.1 Å². The van der Waals surface area contributed by atoms with Crippen molar-refractivity contribution in [1.29, 1.82) is 5.26 Å². The van der Waals surface area contributed by atoms with Crippen LogP contribution in [0.15, 0.2) is 42.5 Å². The largest absolute Gasteiger partial charge is 0.496 e. The Balaban J connectivity index is 2.42. The molecule has 0 aliphatic carbocycles. The van der Waals surface area contributed by atoms with E-state index in [9.17, 15) is 22.4 Å². The first kappa shape index (κ1) is 25.1. The van der Waals surface area contributed by atoms with Crippen molar-refractivity contribution >= 4 is 5.91 Å². The number of nitrogens with zero attached hydrogens (tertiary/aromatic N) is 1. The van der Waals surface area contributed by atoms with Crippen LogP contribution < -0.4 is 15.4 Å². The molecule has 0 fully saturated rings. The molecule has 172 valence electrons. The van der Waals surface area contributed by atoms with Gasteiger partial charge in [-0.3, -0.25) is 10.1 Å². The van der Waals surface area contributed by atoms with Crippen LogP contribution in [-0.4, -0.2) is 31.8 Å². The zero-order valence-corrected chi connectivity index (χ0v) is 18.0. The maximum absolute atomic E-state index is 14.9. The fraction of sp³-hybridized carbons (Fsp3) is 0.391. The topological polar surface area (TPSA) is 74.2 Å². The molecule has 0 saturated carbocycles. The van der Waals surface area contributed by atoms with Gasteiger partial charge in [-0.05, 0) is 30.0 Å². The SMILES string of the molecule is COc1ccccc1-c1ccc([C@H](N[C@@H](CC(C)C)C(=O)NCC#N)C(F)(F)F)c(F)c1. The van der Waals surface area contributed by atoms with Gasteiger partial charge in [0.1, 0.15) is 24.2 Å². The van der Waals surface area contributed by atoms with Crippen molar-refractivity contribution in [3.05, 3.63) is 53.8 Å². The van der Waals surface area contributed by atoms with Crippen molar-refractivity contribution in [1.82, 2.24) is 10.6 Å². The van der Waals surface area contributed by atoms with Gasteiger partial charge >= 0.3 is 6.18 Å². The Hall–Kier alpha value is -3.12. The van der Waals surface area contributed by atoms with Crippen molar-refractivity contribution in [2.45, 2.75) is 38.5 Å². The van der Waals surface area contributed by atoms with Crippen LogP contribution in [0.4, 0.5) is 17.6 Å². The fourth-order valence-corrected chi connectivity index (χ4v) is 3.35. The van der Waals surface area contributed by atoms with Gasteiger partial charge in [-0.1, -0.05) is 44.2 Å². The Morgan fingerprint density at radius 1 is 1.19 bits per heavy atom. The van der Waals surface area contributed by atoms with Gasteiger partial charge in [-0.25, -0.2) is 4.39 Å². The smallest absolute Gasteiger partial charge is 0.408 e. The van der Waals surface area contributed by atoms with Gasteiger partial charge in [0.25, 0.3) is 0 Å². The summed E-state index contributed by atoms with van der Waals surface area (Å²) in [7, 11) is 1.44. The van der Waals surface area contributed by atoms with Crippen LogP contribution in [-0.2, 0) is 4.79 Å². The van der Waals surface area contributed by atoms with E-state index in [4.69, 9.17) is 10.00 Å². The molecular formula is C23H25F4N3O2.